The summed E-state index contributed by atoms with van der Waals surface area (Å²) in [5, 5.41) is 4.12. The van der Waals surface area contributed by atoms with Crippen molar-refractivity contribution >= 4 is 33.6 Å². The molecule has 2 aromatic heterocycles. The molecule has 2 heterocycles. The average Bonchev–Trinajstić information content (AvgIpc) is 3.15. The second-order valence-electron chi connectivity index (χ2n) is 6.60. The third-order valence-electron chi connectivity index (χ3n) is 4.23. The van der Waals surface area contributed by atoms with Crippen LogP contribution in [0.5, 0.6) is 0 Å². The molecule has 28 heavy (non-hydrogen) atoms. The number of likely N-dealkylation sites (N-methyl/N-ethyl adjacent to an activating group) is 1. The number of esters is 1. The minimum atomic E-state index is -0.615. The lowest BCUT2D eigenvalue weighted by Crippen LogP contribution is -2.31. The molecule has 0 spiro atoms. The highest BCUT2D eigenvalue weighted by Crippen LogP contribution is 2.20. The third-order valence-corrected chi connectivity index (χ3v) is 5.00. The van der Waals surface area contributed by atoms with Gasteiger partial charge < -0.3 is 9.64 Å². The van der Waals surface area contributed by atoms with Gasteiger partial charge in [-0.1, -0.05) is 48.0 Å². The standard InChI is InChI=1S/C19H20BrN5O3/c1-12(2)17-14(8-21-19-22-11-23-25(17)19)18(27)28-10-16(26)24(3)9-13-6-4-5-7-15(13)20/h4-8,11-12H,9-10H2,1-3H3. The highest BCUT2D eigenvalue weighted by molar-refractivity contribution is 9.10. The van der Waals surface area contributed by atoms with Crippen LogP contribution in [0.1, 0.15) is 41.4 Å². The first-order valence-electron chi connectivity index (χ1n) is 8.71. The third kappa shape index (κ3) is 4.19. The molecule has 3 aromatic rings. The molecule has 0 bridgehead atoms. The minimum Gasteiger partial charge on any atom is -0.452 e. The Morgan fingerprint density at radius 2 is 2.00 bits per heavy atom. The highest BCUT2D eigenvalue weighted by atomic mass is 79.9. The number of benzene rings is 1. The van der Waals surface area contributed by atoms with Crippen molar-refractivity contribution in [2.24, 2.45) is 0 Å². The van der Waals surface area contributed by atoms with Gasteiger partial charge in [0.1, 0.15) is 6.33 Å². The van der Waals surface area contributed by atoms with Gasteiger partial charge in [0, 0.05) is 24.3 Å². The van der Waals surface area contributed by atoms with Gasteiger partial charge in [-0.2, -0.15) is 10.1 Å². The van der Waals surface area contributed by atoms with Crippen molar-refractivity contribution < 1.29 is 14.3 Å². The van der Waals surface area contributed by atoms with E-state index in [4.69, 9.17) is 4.74 Å². The lowest BCUT2D eigenvalue weighted by molar-refractivity contribution is -0.133. The number of ether oxygens (including phenoxy) is 1. The zero-order chi connectivity index (χ0) is 20.3. The Morgan fingerprint density at radius 3 is 2.71 bits per heavy atom. The van der Waals surface area contributed by atoms with E-state index < -0.39 is 5.97 Å². The maximum Gasteiger partial charge on any atom is 0.342 e. The number of fused-ring (bicyclic) bond motifs is 1. The van der Waals surface area contributed by atoms with Crippen LogP contribution in [0.4, 0.5) is 0 Å². The molecule has 0 aliphatic heterocycles. The zero-order valence-corrected chi connectivity index (χ0v) is 17.4. The molecule has 0 fully saturated rings. The molecule has 9 heteroatoms. The highest BCUT2D eigenvalue weighted by Gasteiger charge is 2.22. The maximum atomic E-state index is 12.6. The number of hydrogen-bond acceptors (Lipinski definition) is 6. The fraction of sp³-hybridized carbons (Fsp3) is 0.316. The first-order valence-corrected chi connectivity index (χ1v) is 9.51. The molecule has 0 aliphatic rings. The Hall–Kier alpha value is -2.81. The van der Waals surface area contributed by atoms with E-state index in [1.54, 1.807) is 7.05 Å². The Labute approximate surface area is 170 Å². The quantitative estimate of drug-likeness (QED) is 0.541. The number of carbonyl (C=O) groups excluding carboxylic acids is 2. The summed E-state index contributed by atoms with van der Waals surface area (Å²) in [6.07, 6.45) is 2.79. The van der Waals surface area contributed by atoms with Crippen LogP contribution in [0.25, 0.3) is 5.78 Å². The van der Waals surface area contributed by atoms with E-state index in [0.29, 0.717) is 18.0 Å². The van der Waals surface area contributed by atoms with Crippen LogP contribution < -0.4 is 0 Å². The van der Waals surface area contributed by atoms with E-state index in [9.17, 15) is 9.59 Å². The fourth-order valence-corrected chi connectivity index (χ4v) is 3.20. The van der Waals surface area contributed by atoms with Crippen LogP contribution in [0.15, 0.2) is 41.3 Å². The second-order valence-corrected chi connectivity index (χ2v) is 7.46. The molecule has 0 radical (unpaired) electrons. The van der Waals surface area contributed by atoms with Crippen LogP contribution in [0.2, 0.25) is 0 Å². The zero-order valence-electron chi connectivity index (χ0n) is 15.8. The van der Waals surface area contributed by atoms with Gasteiger partial charge in [-0.3, -0.25) is 4.79 Å². The SMILES string of the molecule is CC(C)c1c(C(=O)OCC(=O)N(C)Cc2ccccc2Br)cnc2ncnn12. The molecular weight excluding hydrogens is 426 g/mol. The number of halogens is 1. The fourth-order valence-electron chi connectivity index (χ4n) is 2.79. The van der Waals surface area contributed by atoms with E-state index in [2.05, 4.69) is 31.0 Å². The molecule has 0 atom stereocenters. The molecule has 0 unspecified atom stereocenters. The molecule has 1 amide bonds. The maximum absolute atomic E-state index is 12.6. The lowest BCUT2D eigenvalue weighted by atomic mass is 10.1. The Bertz CT molecular complexity index is 1020. The monoisotopic (exact) mass is 445 g/mol. The summed E-state index contributed by atoms with van der Waals surface area (Å²) in [6.45, 7) is 3.92. The largest absolute Gasteiger partial charge is 0.452 e. The van der Waals surface area contributed by atoms with E-state index >= 15 is 0 Å². The van der Waals surface area contributed by atoms with Crippen LogP contribution in [-0.4, -0.2) is 50.0 Å². The van der Waals surface area contributed by atoms with Gasteiger partial charge in [-0.05, 0) is 17.5 Å². The average molecular weight is 446 g/mol. The van der Waals surface area contributed by atoms with Gasteiger partial charge >= 0.3 is 5.97 Å². The Kier molecular flexibility index (Phi) is 6.03. The van der Waals surface area contributed by atoms with Crippen LogP contribution in [0.3, 0.4) is 0 Å². The summed E-state index contributed by atoms with van der Waals surface area (Å²) in [5.41, 5.74) is 1.88. The Balaban J connectivity index is 1.68. The molecule has 1 aromatic carbocycles. The van der Waals surface area contributed by atoms with E-state index in [0.717, 1.165) is 10.0 Å². The summed E-state index contributed by atoms with van der Waals surface area (Å²) in [6, 6.07) is 7.64. The second kappa shape index (κ2) is 8.47. The predicted octanol–water partition coefficient (Wildman–Crippen LogP) is 2.83. The van der Waals surface area contributed by atoms with E-state index in [1.807, 2.05) is 38.1 Å². The smallest absolute Gasteiger partial charge is 0.342 e. The number of carbonyl (C=O) groups is 2. The summed E-state index contributed by atoms with van der Waals surface area (Å²) in [4.78, 5) is 34.6. The van der Waals surface area contributed by atoms with Crippen molar-refractivity contribution in [2.75, 3.05) is 13.7 Å². The van der Waals surface area contributed by atoms with Crippen LogP contribution >= 0.6 is 15.9 Å². The molecule has 0 saturated heterocycles. The van der Waals surface area contributed by atoms with Crippen LogP contribution in [0, 0.1) is 0 Å². The van der Waals surface area contributed by atoms with Crippen molar-refractivity contribution in [1.82, 2.24) is 24.5 Å². The summed E-state index contributed by atoms with van der Waals surface area (Å²) >= 11 is 3.46. The molecule has 146 valence electrons. The first-order chi connectivity index (χ1) is 13.4. The minimum absolute atomic E-state index is 0.0106. The van der Waals surface area contributed by atoms with Crippen molar-refractivity contribution in [2.45, 2.75) is 26.3 Å². The van der Waals surface area contributed by atoms with Gasteiger partial charge in [-0.15, -0.1) is 0 Å². The van der Waals surface area contributed by atoms with Gasteiger partial charge in [-0.25, -0.2) is 14.3 Å². The lowest BCUT2D eigenvalue weighted by Gasteiger charge is -2.18. The molecule has 0 aliphatic carbocycles. The first kappa shape index (κ1) is 19.9. The molecule has 3 rings (SSSR count). The molecular formula is C19H20BrN5O3. The number of amides is 1. The summed E-state index contributed by atoms with van der Waals surface area (Å²) in [5.74, 6) is -0.519. The van der Waals surface area contributed by atoms with Gasteiger partial charge in [0.2, 0.25) is 0 Å². The van der Waals surface area contributed by atoms with Gasteiger partial charge in [0.25, 0.3) is 11.7 Å². The number of nitrogens with zero attached hydrogens (tertiary/aromatic N) is 5. The van der Waals surface area contributed by atoms with Crippen molar-refractivity contribution in [3.63, 3.8) is 0 Å². The topological polar surface area (TPSA) is 89.7 Å². The van der Waals surface area contributed by atoms with E-state index in [-0.39, 0.29) is 24.0 Å². The predicted molar refractivity (Wildman–Crippen MR) is 106 cm³/mol. The van der Waals surface area contributed by atoms with Crippen molar-refractivity contribution in [3.8, 4) is 0 Å². The summed E-state index contributed by atoms with van der Waals surface area (Å²) < 4.78 is 7.68. The molecule has 8 nitrogen and oxygen atoms in total. The van der Waals surface area contributed by atoms with Gasteiger partial charge in [0.05, 0.1) is 11.3 Å². The van der Waals surface area contributed by atoms with Crippen LogP contribution in [-0.2, 0) is 16.1 Å². The van der Waals surface area contributed by atoms with Gasteiger partial charge in [0.15, 0.2) is 6.61 Å². The number of hydrogen-bond donors (Lipinski definition) is 0. The number of aromatic nitrogens is 4. The van der Waals surface area contributed by atoms with Crippen molar-refractivity contribution in [3.05, 3.63) is 58.1 Å². The normalized spacial score (nSPS) is 11.0. The summed E-state index contributed by atoms with van der Waals surface area (Å²) in [7, 11) is 1.66. The van der Waals surface area contributed by atoms with Crippen molar-refractivity contribution in [1.29, 1.82) is 0 Å². The molecule has 0 saturated carbocycles. The molecule has 0 N–H and O–H groups in total. The Morgan fingerprint density at radius 1 is 1.25 bits per heavy atom. The number of rotatable bonds is 6. The van der Waals surface area contributed by atoms with E-state index in [1.165, 1.54) is 21.9 Å².